The molecule has 28 heavy (non-hydrogen) atoms. The molecule has 0 aliphatic carbocycles. The average Bonchev–Trinajstić information content (AvgIpc) is 3.30. The summed E-state index contributed by atoms with van der Waals surface area (Å²) in [7, 11) is 0. The van der Waals surface area contributed by atoms with Crippen LogP contribution in [0.15, 0.2) is 66.7 Å². The Balaban J connectivity index is 1.52. The molecule has 5 nitrogen and oxygen atoms in total. The van der Waals surface area contributed by atoms with Crippen LogP contribution in [0.25, 0.3) is 0 Å². The molecule has 2 heterocycles. The predicted molar refractivity (Wildman–Crippen MR) is 107 cm³/mol. The topological polar surface area (TPSA) is 68.2 Å². The van der Waals surface area contributed by atoms with E-state index in [1.54, 1.807) is 42.5 Å². The normalized spacial score (nSPS) is 15.1. The maximum atomic E-state index is 12.8. The predicted octanol–water partition coefficient (Wildman–Crippen LogP) is 4.05. The van der Waals surface area contributed by atoms with Crippen LogP contribution in [0.5, 0.6) is 0 Å². The second-order valence-electron chi connectivity index (χ2n) is 6.95. The lowest BCUT2D eigenvalue weighted by atomic mass is 10.0. The third-order valence-electron chi connectivity index (χ3n) is 5.16. The van der Waals surface area contributed by atoms with Crippen molar-refractivity contribution in [2.75, 3.05) is 5.32 Å². The number of anilines is 1. The summed E-state index contributed by atoms with van der Waals surface area (Å²) in [5.41, 5.74) is 3.37. The lowest BCUT2D eigenvalue weighted by Gasteiger charge is -2.11. The van der Waals surface area contributed by atoms with Gasteiger partial charge in [-0.15, -0.1) is 0 Å². The molecule has 0 bridgehead atoms. The van der Waals surface area contributed by atoms with Crippen molar-refractivity contribution in [2.24, 2.45) is 0 Å². The van der Waals surface area contributed by atoms with Gasteiger partial charge in [-0.3, -0.25) is 14.4 Å². The first-order chi connectivity index (χ1) is 13.5. The van der Waals surface area contributed by atoms with Gasteiger partial charge >= 0.3 is 0 Å². The summed E-state index contributed by atoms with van der Waals surface area (Å²) >= 11 is 0. The number of hydrogen-bond donors (Lipinski definition) is 1. The van der Waals surface area contributed by atoms with E-state index in [-0.39, 0.29) is 23.4 Å². The fraction of sp³-hybridized carbons (Fsp3) is 0.174. The van der Waals surface area contributed by atoms with Crippen LogP contribution in [0.3, 0.4) is 0 Å². The van der Waals surface area contributed by atoms with Crippen molar-refractivity contribution in [1.82, 2.24) is 4.57 Å². The third-order valence-corrected chi connectivity index (χ3v) is 5.16. The van der Waals surface area contributed by atoms with E-state index in [0.717, 1.165) is 5.69 Å². The minimum Gasteiger partial charge on any atom is -0.341 e. The van der Waals surface area contributed by atoms with Crippen LogP contribution in [-0.2, 0) is 11.3 Å². The maximum Gasteiger partial charge on any atom is 0.233 e. The summed E-state index contributed by atoms with van der Waals surface area (Å²) in [5, 5.41) is 2.91. The standard InChI is InChI=1S/C23H20N2O3/c1-15(26)16-7-9-18(10-8-16)24-23(28)19-13-14-25-20(19)11-12-21(25)22(27)17-5-3-2-4-6-17/h2-12,19H,13-14H2,1H3,(H,24,28)/t19-/m0/s1. The van der Waals surface area contributed by atoms with Crippen molar-refractivity contribution in [3.05, 3.63) is 89.2 Å². The van der Waals surface area contributed by atoms with Crippen LogP contribution >= 0.6 is 0 Å². The lowest BCUT2D eigenvalue weighted by molar-refractivity contribution is -0.117. The highest BCUT2D eigenvalue weighted by atomic mass is 16.2. The number of benzene rings is 2. The molecule has 1 aliphatic rings. The number of carbonyl (C=O) groups excluding carboxylic acids is 3. The molecule has 0 saturated heterocycles. The molecule has 0 radical (unpaired) electrons. The van der Waals surface area contributed by atoms with E-state index >= 15 is 0 Å². The number of rotatable bonds is 5. The van der Waals surface area contributed by atoms with Gasteiger partial charge in [0, 0.05) is 29.1 Å². The van der Waals surface area contributed by atoms with Crippen LogP contribution < -0.4 is 5.32 Å². The van der Waals surface area contributed by atoms with Crippen LogP contribution in [0.4, 0.5) is 5.69 Å². The molecule has 2 aromatic carbocycles. The second kappa shape index (κ2) is 7.27. The van der Waals surface area contributed by atoms with E-state index in [4.69, 9.17) is 0 Å². The van der Waals surface area contributed by atoms with Crippen molar-refractivity contribution in [1.29, 1.82) is 0 Å². The van der Waals surface area contributed by atoms with E-state index in [1.165, 1.54) is 6.92 Å². The largest absolute Gasteiger partial charge is 0.341 e. The highest BCUT2D eigenvalue weighted by Crippen LogP contribution is 2.32. The molecule has 0 fully saturated rings. The Morgan fingerprint density at radius 1 is 0.893 bits per heavy atom. The zero-order valence-electron chi connectivity index (χ0n) is 15.5. The van der Waals surface area contributed by atoms with Gasteiger partial charge in [0.1, 0.15) is 0 Å². The SMILES string of the molecule is CC(=O)c1ccc(NC(=O)[C@H]2CCn3c(C(=O)c4ccccc4)ccc32)cc1. The second-order valence-corrected chi connectivity index (χ2v) is 6.95. The minimum atomic E-state index is -0.301. The number of Topliss-reactive ketones (excluding diaryl/α,β-unsaturated/α-hetero) is 1. The third kappa shape index (κ3) is 3.27. The summed E-state index contributed by atoms with van der Waals surface area (Å²) in [6, 6.07) is 19.7. The Labute approximate surface area is 163 Å². The highest BCUT2D eigenvalue weighted by molar-refractivity contribution is 6.08. The van der Waals surface area contributed by atoms with Crippen LogP contribution in [0, 0.1) is 0 Å². The molecule has 140 valence electrons. The van der Waals surface area contributed by atoms with Crippen molar-refractivity contribution in [3.63, 3.8) is 0 Å². The van der Waals surface area contributed by atoms with Gasteiger partial charge in [0.2, 0.25) is 11.7 Å². The number of nitrogens with one attached hydrogen (secondary N) is 1. The van der Waals surface area contributed by atoms with Gasteiger partial charge in [-0.2, -0.15) is 0 Å². The fourth-order valence-electron chi connectivity index (χ4n) is 3.66. The first-order valence-electron chi connectivity index (χ1n) is 9.25. The summed E-state index contributed by atoms with van der Waals surface area (Å²) in [6.07, 6.45) is 0.655. The van der Waals surface area contributed by atoms with Gasteiger partial charge in [-0.05, 0) is 49.7 Å². The summed E-state index contributed by atoms with van der Waals surface area (Å²) in [5.74, 6) is -0.453. The Kier molecular flexibility index (Phi) is 4.65. The number of hydrogen-bond acceptors (Lipinski definition) is 3. The Bertz CT molecular complexity index is 1050. The van der Waals surface area contributed by atoms with Crippen LogP contribution in [0.1, 0.15) is 51.4 Å². The van der Waals surface area contributed by atoms with Gasteiger partial charge in [0.25, 0.3) is 0 Å². The molecular formula is C23H20N2O3. The molecule has 4 rings (SSSR count). The van der Waals surface area contributed by atoms with E-state index in [0.29, 0.717) is 35.5 Å². The van der Waals surface area contributed by atoms with E-state index < -0.39 is 0 Å². The highest BCUT2D eigenvalue weighted by Gasteiger charge is 2.32. The van der Waals surface area contributed by atoms with E-state index in [9.17, 15) is 14.4 Å². The van der Waals surface area contributed by atoms with Crippen LogP contribution in [0.2, 0.25) is 0 Å². The summed E-state index contributed by atoms with van der Waals surface area (Å²) in [6.45, 7) is 2.15. The maximum absolute atomic E-state index is 12.8. The number of fused-ring (bicyclic) bond motifs is 1. The number of nitrogens with zero attached hydrogens (tertiary/aromatic N) is 1. The molecule has 1 aliphatic heterocycles. The zero-order chi connectivity index (χ0) is 19.7. The molecule has 0 spiro atoms. The minimum absolute atomic E-state index is 0.0119. The molecule has 0 saturated carbocycles. The quantitative estimate of drug-likeness (QED) is 0.687. The van der Waals surface area contributed by atoms with Gasteiger partial charge in [-0.25, -0.2) is 0 Å². The first-order valence-corrected chi connectivity index (χ1v) is 9.25. The van der Waals surface area contributed by atoms with Gasteiger partial charge < -0.3 is 9.88 Å². The monoisotopic (exact) mass is 372 g/mol. The molecule has 1 amide bonds. The Hall–Kier alpha value is -3.47. The first kappa shape index (κ1) is 17.9. The van der Waals surface area contributed by atoms with Crippen molar-refractivity contribution < 1.29 is 14.4 Å². The van der Waals surface area contributed by atoms with Crippen LogP contribution in [-0.4, -0.2) is 22.0 Å². The molecule has 1 atom stereocenters. The Morgan fingerprint density at radius 2 is 1.61 bits per heavy atom. The number of amides is 1. The van der Waals surface area contributed by atoms with Gasteiger partial charge in [0.15, 0.2) is 5.78 Å². The number of ketones is 2. The molecule has 5 heteroatoms. The van der Waals surface area contributed by atoms with Crippen molar-refractivity contribution >= 4 is 23.2 Å². The van der Waals surface area contributed by atoms with Gasteiger partial charge in [0.05, 0.1) is 11.6 Å². The summed E-state index contributed by atoms with van der Waals surface area (Å²) in [4.78, 5) is 36.9. The van der Waals surface area contributed by atoms with Crippen molar-refractivity contribution in [2.45, 2.75) is 25.8 Å². The molecule has 0 unspecified atom stereocenters. The van der Waals surface area contributed by atoms with E-state index in [1.807, 2.05) is 28.8 Å². The van der Waals surface area contributed by atoms with Crippen molar-refractivity contribution in [3.8, 4) is 0 Å². The number of aromatic nitrogens is 1. The average molecular weight is 372 g/mol. The molecule has 3 aromatic rings. The zero-order valence-corrected chi connectivity index (χ0v) is 15.5. The molecule has 1 aromatic heterocycles. The smallest absolute Gasteiger partial charge is 0.233 e. The summed E-state index contributed by atoms with van der Waals surface area (Å²) < 4.78 is 1.94. The van der Waals surface area contributed by atoms with E-state index in [2.05, 4.69) is 5.32 Å². The molecule has 1 N–H and O–H groups in total. The fourth-order valence-corrected chi connectivity index (χ4v) is 3.66. The number of carbonyl (C=O) groups is 3. The molecular weight excluding hydrogens is 352 g/mol. The lowest BCUT2D eigenvalue weighted by Crippen LogP contribution is -2.19. The van der Waals surface area contributed by atoms with Gasteiger partial charge in [-0.1, -0.05) is 30.3 Å². The Morgan fingerprint density at radius 3 is 2.29 bits per heavy atom.